The van der Waals surface area contributed by atoms with Crippen LogP contribution in [-0.4, -0.2) is 22.8 Å². The van der Waals surface area contributed by atoms with E-state index < -0.39 is 11.7 Å². The maximum Gasteiger partial charge on any atom is 0.260 e. The number of nitrogens with one attached hydrogen (secondary N) is 1. The van der Waals surface area contributed by atoms with Crippen LogP contribution in [0.4, 0.5) is 10.2 Å². The minimum absolute atomic E-state index is 0.150. The summed E-state index contributed by atoms with van der Waals surface area (Å²) in [5, 5.41) is 7.16. The van der Waals surface area contributed by atoms with Crippen LogP contribution in [0.5, 0.6) is 5.75 Å². The topological polar surface area (TPSA) is 56.2 Å². The first-order valence-corrected chi connectivity index (χ1v) is 7.17. The van der Waals surface area contributed by atoms with E-state index in [1.165, 1.54) is 19.2 Å². The lowest BCUT2D eigenvalue weighted by atomic mass is 10.2. The van der Waals surface area contributed by atoms with E-state index >= 15 is 0 Å². The van der Waals surface area contributed by atoms with Gasteiger partial charge in [0.1, 0.15) is 17.4 Å². The number of ether oxygens (including phenoxy) is 1. The number of aryl methyl sites for hydroxylation is 1. The summed E-state index contributed by atoms with van der Waals surface area (Å²) in [5.74, 6) is -0.00763. The molecule has 1 amide bonds. The lowest BCUT2D eigenvalue weighted by Crippen LogP contribution is -2.18. The summed E-state index contributed by atoms with van der Waals surface area (Å²) in [6.07, 6.45) is 0.882. The number of carbonyl (C=O) groups is 1. The predicted molar refractivity (Wildman–Crippen MR) is 82.9 cm³/mol. The average molecular weight is 305 g/mol. The Balaban J connectivity index is 2.32. The third-order valence-electron chi connectivity index (χ3n) is 3.51. The van der Waals surface area contributed by atoms with Gasteiger partial charge in [0.05, 0.1) is 24.4 Å². The quantitative estimate of drug-likeness (QED) is 0.919. The molecule has 0 bridgehead atoms. The molecule has 1 aromatic carbocycles. The summed E-state index contributed by atoms with van der Waals surface area (Å²) in [4.78, 5) is 12.4. The van der Waals surface area contributed by atoms with E-state index in [1.54, 1.807) is 10.7 Å². The Labute approximate surface area is 129 Å². The summed E-state index contributed by atoms with van der Waals surface area (Å²) in [6, 6.07) is 5.78. The Kier molecular flexibility index (Phi) is 4.80. The van der Waals surface area contributed by atoms with Crippen LogP contribution in [0.1, 0.15) is 42.4 Å². The minimum atomic E-state index is -0.488. The number of nitrogens with zero attached hydrogens (tertiary/aromatic N) is 2. The number of rotatable bonds is 5. The van der Waals surface area contributed by atoms with Gasteiger partial charge in [-0.05, 0) is 38.5 Å². The Morgan fingerprint density at radius 2 is 2.18 bits per heavy atom. The van der Waals surface area contributed by atoms with Gasteiger partial charge >= 0.3 is 0 Å². The predicted octanol–water partition coefficient (Wildman–Crippen LogP) is 3.56. The highest BCUT2D eigenvalue weighted by Gasteiger charge is 2.17. The van der Waals surface area contributed by atoms with Gasteiger partial charge < -0.3 is 10.1 Å². The van der Waals surface area contributed by atoms with Gasteiger partial charge in [-0.3, -0.25) is 4.79 Å². The zero-order valence-corrected chi connectivity index (χ0v) is 13.2. The van der Waals surface area contributed by atoms with Gasteiger partial charge in [0.25, 0.3) is 5.91 Å². The fourth-order valence-corrected chi connectivity index (χ4v) is 2.16. The Bertz CT molecular complexity index is 682. The number of benzene rings is 1. The second-order valence-electron chi connectivity index (χ2n) is 5.17. The van der Waals surface area contributed by atoms with Crippen LogP contribution in [-0.2, 0) is 0 Å². The molecule has 0 fully saturated rings. The molecule has 1 heterocycles. The summed E-state index contributed by atoms with van der Waals surface area (Å²) in [6.45, 7) is 5.92. The molecule has 1 unspecified atom stereocenters. The van der Waals surface area contributed by atoms with Crippen LogP contribution < -0.4 is 10.1 Å². The van der Waals surface area contributed by atoms with Crippen molar-refractivity contribution in [1.82, 2.24) is 9.78 Å². The van der Waals surface area contributed by atoms with Crippen molar-refractivity contribution in [2.75, 3.05) is 12.4 Å². The van der Waals surface area contributed by atoms with Gasteiger partial charge in [0.2, 0.25) is 0 Å². The fourth-order valence-electron chi connectivity index (χ4n) is 2.16. The van der Waals surface area contributed by atoms with Crippen LogP contribution in [0, 0.1) is 12.7 Å². The van der Waals surface area contributed by atoms with E-state index in [1.807, 2.05) is 20.8 Å². The zero-order chi connectivity index (χ0) is 16.3. The highest BCUT2D eigenvalue weighted by molar-refractivity contribution is 6.05. The smallest absolute Gasteiger partial charge is 0.260 e. The summed E-state index contributed by atoms with van der Waals surface area (Å²) in [5.41, 5.74) is 0.957. The number of carbonyl (C=O) groups excluding carboxylic acids is 1. The van der Waals surface area contributed by atoms with Crippen molar-refractivity contribution in [2.45, 2.75) is 33.2 Å². The average Bonchev–Trinajstić information content (AvgIpc) is 2.86. The van der Waals surface area contributed by atoms with Crippen LogP contribution in [0.2, 0.25) is 0 Å². The van der Waals surface area contributed by atoms with Gasteiger partial charge in [-0.2, -0.15) is 5.10 Å². The zero-order valence-electron chi connectivity index (χ0n) is 13.2. The molecule has 0 aliphatic rings. The number of methoxy groups -OCH3 is 1. The highest BCUT2D eigenvalue weighted by Crippen LogP contribution is 2.23. The molecule has 1 N–H and O–H groups in total. The molecular weight excluding hydrogens is 285 g/mol. The van der Waals surface area contributed by atoms with Gasteiger partial charge in [0, 0.05) is 6.07 Å². The molecule has 0 spiro atoms. The largest absolute Gasteiger partial charge is 0.496 e. The number of amides is 1. The second kappa shape index (κ2) is 6.60. The molecule has 0 saturated heterocycles. The number of hydrogen-bond acceptors (Lipinski definition) is 3. The van der Waals surface area contributed by atoms with Crippen molar-refractivity contribution >= 4 is 11.7 Å². The van der Waals surface area contributed by atoms with Crippen LogP contribution in [0.25, 0.3) is 0 Å². The molecule has 2 rings (SSSR count). The number of halogens is 1. The first kappa shape index (κ1) is 16.0. The summed E-state index contributed by atoms with van der Waals surface area (Å²) < 4.78 is 20.3. The van der Waals surface area contributed by atoms with E-state index in [0.717, 1.165) is 18.2 Å². The fraction of sp³-hybridized carbons (Fsp3) is 0.375. The Morgan fingerprint density at radius 3 is 2.82 bits per heavy atom. The number of anilines is 1. The van der Waals surface area contributed by atoms with Crippen LogP contribution in [0.15, 0.2) is 24.3 Å². The van der Waals surface area contributed by atoms with E-state index in [0.29, 0.717) is 11.6 Å². The maximum absolute atomic E-state index is 13.4. The van der Waals surface area contributed by atoms with Crippen molar-refractivity contribution in [2.24, 2.45) is 0 Å². The summed E-state index contributed by atoms with van der Waals surface area (Å²) in [7, 11) is 1.44. The molecule has 22 heavy (non-hydrogen) atoms. The van der Waals surface area contributed by atoms with Gasteiger partial charge in [0.15, 0.2) is 0 Å². The van der Waals surface area contributed by atoms with Gasteiger partial charge in [-0.25, -0.2) is 9.07 Å². The lowest BCUT2D eigenvalue weighted by molar-refractivity contribution is 0.102. The normalized spacial score (nSPS) is 12.0. The Hall–Kier alpha value is -2.37. The minimum Gasteiger partial charge on any atom is -0.496 e. The summed E-state index contributed by atoms with van der Waals surface area (Å²) >= 11 is 0. The van der Waals surface area contributed by atoms with Crippen LogP contribution >= 0.6 is 0 Å². The van der Waals surface area contributed by atoms with Crippen molar-refractivity contribution < 1.29 is 13.9 Å². The number of hydrogen-bond donors (Lipinski definition) is 1. The highest BCUT2D eigenvalue weighted by atomic mass is 19.1. The standard InChI is InChI=1S/C16H20FN3O2/c1-5-11(3)20-15(8-10(2)19-20)18-16(21)13-9-12(17)6-7-14(13)22-4/h6-9,11H,5H2,1-4H3,(H,18,21). The second-order valence-corrected chi connectivity index (χ2v) is 5.17. The van der Waals surface area contributed by atoms with Crippen molar-refractivity contribution in [1.29, 1.82) is 0 Å². The lowest BCUT2D eigenvalue weighted by Gasteiger charge is -2.15. The molecule has 0 aliphatic heterocycles. The van der Waals surface area contributed by atoms with Gasteiger partial charge in [-0.15, -0.1) is 0 Å². The Morgan fingerprint density at radius 1 is 1.45 bits per heavy atom. The van der Waals surface area contributed by atoms with Gasteiger partial charge in [-0.1, -0.05) is 6.92 Å². The molecule has 0 aliphatic carbocycles. The first-order valence-electron chi connectivity index (χ1n) is 7.17. The van der Waals surface area contributed by atoms with E-state index in [4.69, 9.17) is 4.74 Å². The molecule has 0 saturated carbocycles. The molecule has 118 valence electrons. The van der Waals surface area contributed by atoms with E-state index in [9.17, 15) is 9.18 Å². The number of aromatic nitrogens is 2. The van der Waals surface area contributed by atoms with Crippen LogP contribution in [0.3, 0.4) is 0 Å². The molecule has 6 heteroatoms. The molecule has 2 aromatic rings. The van der Waals surface area contributed by atoms with Crippen molar-refractivity contribution in [3.63, 3.8) is 0 Å². The molecule has 0 radical (unpaired) electrons. The van der Waals surface area contributed by atoms with E-state index in [2.05, 4.69) is 10.4 Å². The van der Waals surface area contributed by atoms with E-state index in [-0.39, 0.29) is 11.6 Å². The van der Waals surface area contributed by atoms with Crippen molar-refractivity contribution in [3.8, 4) is 5.75 Å². The molecule has 1 aromatic heterocycles. The third kappa shape index (κ3) is 3.27. The molecular formula is C16H20FN3O2. The molecule has 1 atom stereocenters. The third-order valence-corrected chi connectivity index (χ3v) is 3.51. The monoisotopic (exact) mass is 305 g/mol. The SMILES string of the molecule is CCC(C)n1nc(C)cc1NC(=O)c1cc(F)ccc1OC. The molecule has 5 nitrogen and oxygen atoms in total. The van der Waals surface area contributed by atoms with Crippen molar-refractivity contribution in [3.05, 3.63) is 41.3 Å². The maximum atomic E-state index is 13.4. The first-order chi connectivity index (χ1) is 10.5.